The standard InChI is InChI=1S/C18H14ClFN2O4/c1-2-26-15-5-3-4-10(16(15)23)8-12-17(24)21-22(18(12)25)11-6-7-14(20)13(19)9-11/h3-9,23H,2H2,1H3,(H,21,24)/b12-8-. The summed E-state index contributed by atoms with van der Waals surface area (Å²) < 4.78 is 18.6. The zero-order valence-corrected chi connectivity index (χ0v) is 14.4. The number of hydrogen-bond donors (Lipinski definition) is 2. The van der Waals surface area contributed by atoms with Crippen LogP contribution in [0.2, 0.25) is 5.02 Å². The van der Waals surface area contributed by atoms with E-state index in [1.54, 1.807) is 25.1 Å². The molecule has 2 aromatic rings. The molecule has 2 N–H and O–H groups in total. The predicted octanol–water partition coefficient (Wildman–Crippen LogP) is 3.04. The first-order chi connectivity index (χ1) is 12.4. The van der Waals surface area contributed by atoms with Gasteiger partial charge in [0.05, 0.1) is 17.3 Å². The van der Waals surface area contributed by atoms with Gasteiger partial charge < -0.3 is 9.84 Å². The van der Waals surface area contributed by atoms with E-state index in [2.05, 4.69) is 5.43 Å². The van der Waals surface area contributed by atoms with E-state index < -0.39 is 17.6 Å². The number of phenolic OH excluding ortho intramolecular Hbond substituents is 1. The Bertz CT molecular complexity index is 929. The number of para-hydroxylation sites is 1. The molecule has 1 saturated heterocycles. The van der Waals surface area contributed by atoms with Crippen molar-refractivity contribution in [2.24, 2.45) is 0 Å². The van der Waals surface area contributed by atoms with E-state index in [0.29, 0.717) is 6.61 Å². The summed E-state index contributed by atoms with van der Waals surface area (Å²) in [7, 11) is 0. The largest absolute Gasteiger partial charge is 0.504 e. The SMILES string of the molecule is CCOc1cccc(/C=C2/C(=O)NN(c3ccc(F)c(Cl)c3)C2=O)c1O. The number of hydrogen-bond acceptors (Lipinski definition) is 4. The van der Waals surface area contributed by atoms with Crippen LogP contribution in [-0.4, -0.2) is 23.5 Å². The minimum Gasteiger partial charge on any atom is -0.504 e. The number of ether oxygens (including phenoxy) is 1. The van der Waals surface area contributed by atoms with E-state index in [9.17, 15) is 19.1 Å². The van der Waals surface area contributed by atoms with Gasteiger partial charge in [-0.1, -0.05) is 23.7 Å². The van der Waals surface area contributed by atoms with Crippen LogP contribution in [0.1, 0.15) is 12.5 Å². The Morgan fingerprint density at radius 2 is 2.08 bits per heavy atom. The number of phenols is 1. The minimum absolute atomic E-state index is 0.175. The molecule has 0 aromatic heterocycles. The highest BCUT2D eigenvalue weighted by atomic mass is 35.5. The van der Waals surface area contributed by atoms with Crippen molar-refractivity contribution >= 4 is 35.2 Å². The summed E-state index contributed by atoms with van der Waals surface area (Å²) in [4.78, 5) is 24.7. The Balaban J connectivity index is 1.95. The number of halogens is 2. The average molecular weight is 377 g/mol. The molecule has 134 valence electrons. The van der Waals surface area contributed by atoms with Crippen molar-refractivity contribution in [3.05, 3.63) is 58.4 Å². The van der Waals surface area contributed by atoms with Crippen LogP contribution >= 0.6 is 11.6 Å². The fourth-order valence-electron chi connectivity index (χ4n) is 2.45. The van der Waals surface area contributed by atoms with E-state index in [1.807, 2.05) is 0 Å². The molecule has 8 heteroatoms. The van der Waals surface area contributed by atoms with E-state index in [1.165, 1.54) is 18.2 Å². The Kier molecular flexibility index (Phi) is 4.81. The second-order valence-electron chi connectivity index (χ2n) is 5.36. The third-order valence-electron chi connectivity index (χ3n) is 3.68. The third-order valence-corrected chi connectivity index (χ3v) is 3.97. The van der Waals surface area contributed by atoms with Crippen LogP contribution in [0.3, 0.4) is 0 Å². The predicted molar refractivity (Wildman–Crippen MR) is 94.3 cm³/mol. The molecule has 1 fully saturated rings. The Morgan fingerprint density at radius 1 is 1.31 bits per heavy atom. The van der Waals surface area contributed by atoms with Crippen molar-refractivity contribution < 1.29 is 23.8 Å². The molecule has 26 heavy (non-hydrogen) atoms. The van der Waals surface area contributed by atoms with Gasteiger partial charge in [0.2, 0.25) is 0 Å². The highest BCUT2D eigenvalue weighted by Gasteiger charge is 2.35. The second kappa shape index (κ2) is 7.05. The highest BCUT2D eigenvalue weighted by molar-refractivity contribution is 6.33. The molecule has 0 bridgehead atoms. The summed E-state index contributed by atoms with van der Waals surface area (Å²) in [6.45, 7) is 2.12. The first kappa shape index (κ1) is 17.8. The lowest BCUT2D eigenvalue weighted by Crippen LogP contribution is -2.35. The summed E-state index contributed by atoms with van der Waals surface area (Å²) in [5, 5.41) is 11.0. The average Bonchev–Trinajstić information content (AvgIpc) is 2.89. The van der Waals surface area contributed by atoms with Crippen molar-refractivity contribution in [3.63, 3.8) is 0 Å². The molecular weight excluding hydrogens is 363 g/mol. The van der Waals surface area contributed by atoms with Crippen LogP contribution in [0.15, 0.2) is 42.0 Å². The lowest BCUT2D eigenvalue weighted by Gasteiger charge is -2.14. The number of nitrogens with one attached hydrogen (secondary N) is 1. The molecule has 1 aliphatic heterocycles. The Hall–Kier alpha value is -3.06. The summed E-state index contributed by atoms with van der Waals surface area (Å²) >= 11 is 5.72. The van der Waals surface area contributed by atoms with Gasteiger partial charge in [-0.05, 0) is 37.3 Å². The smallest absolute Gasteiger partial charge is 0.282 e. The molecule has 1 heterocycles. The van der Waals surface area contributed by atoms with Gasteiger partial charge >= 0.3 is 0 Å². The van der Waals surface area contributed by atoms with E-state index in [0.717, 1.165) is 11.1 Å². The van der Waals surface area contributed by atoms with Crippen LogP contribution in [0.25, 0.3) is 6.08 Å². The van der Waals surface area contributed by atoms with Gasteiger partial charge in [-0.2, -0.15) is 0 Å². The maximum atomic E-state index is 13.3. The molecule has 0 atom stereocenters. The minimum atomic E-state index is -0.656. The van der Waals surface area contributed by atoms with Crippen LogP contribution in [0.4, 0.5) is 10.1 Å². The maximum Gasteiger partial charge on any atom is 0.282 e. The number of aromatic hydroxyl groups is 1. The number of hydrazine groups is 1. The topological polar surface area (TPSA) is 78.9 Å². The Morgan fingerprint density at radius 3 is 2.77 bits per heavy atom. The quantitative estimate of drug-likeness (QED) is 0.635. The number of benzene rings is 2. The lowest BCUT2D eigenvalue weighted by molar-refractivity contribution is -0.117. The van der Waals surface area contributed by atoms with Crippen molar-refractivity contribution in [1.29, 1.82) is 0 Å². The van der Waals surface area contributed by atoms with Crippen LogP contribution in [0.5, 0.6) is 11.5 Å². The monoisotopic (exact) mass is 376 g/mol. The first-order valence-electron chi connectivity index (χ1n) is 7.69. The Labute approximate surface area is 153 Å². The van der Waals surface area contributed by atoms with Crippen LogP contribution in [-0.2, 0) is 9.59 Å². The lowest BCUT2D eigenvalue weighted by atomic mass is 10.1. The number of carbonyl (C=O) groups is 2. The zero-order chi connectivity index (χ0) is 18.8. The van der Waals surface area contributed by atoms with Gasteiger partial charge in [-0.3, -0.25) is 15.0 Å². The summed E-state index contributed by atoms with van der Waals surface area (Å²) in [5.74, 6) is -1.88. The summed E-state index contributed by atoms with van der Waals surface area (Å²) in [6, 6.07) is 8.38. The number of anilines is 1. The van der Waals surface area contributed by atoms with Gasteiger partial charge in [0.25, 0.3) is 11.8 Å². The molecule has 0 saturated carbocycles. The molecule has 2 amide bonds. The van der Waals surface area contributed by atoms with Gasteiger partial charge in [-0.25, -0.2) is 9.40 Å². The normalized spacial score (nSPS) is 15.5. The summed E-state index contributed by atoms with van der Waals surface area (Å²) in [6.07, 6.45) is 1.26. The molecule has 0 unspecified atom stereocenters. The van der Waals surface area contributed by atoms with Crippen molar-refractivity contribution in [1.82, 2.24) is 5.43 Å². The second-order valence-corrected chi connectivity index (χ2v) is 5.77. The molecule has 0 radical (unpaired) electrons. The molecular formula is C18H14ClFN2O4. The van der Waals surface area contributed by atoms with Gasteiger partial charge in [-0.15, -0.1) is 0 Å². The molecule has 0 spiro atoms. The number of amides is 2. The van der Waals surface area contributed by atoms with E-state index >= 15 is 0 Å². The van der Waals surface area contributed by atoms with Gasteiger partial charge in [0.15, 0.2) is 11.5 Å². The van der Waals surface area contributed by atoms with Crippen LogP contribution < -0.4 is 15.2 Å². The first-order valence-corrected chi connectivity index (χ1v) is 8.07. The third kappa shape index (κ3) is 3.21. The van der Waals surface area contributed by atoms with E-state index in [4.69, 9.17) is 16.3 Å². The summed E-state index contributed by atoms with van der Waals surface area (Å²) in [5.41, 5.74) is 2.66. The molecule has 3 rings (SSSR count). The van der Waals surface area contributed by atoms with Crippen molar-refractivity contribution in [2.75, 3.05) is 11.6 Å². The van der Waals surface area contributed by atoms with Gasteiger partial charge in [0.1, 0.15) is 11.4 Å². The molecule has 0 aliphatic carbocycles. The van der Waals surface area contributed by atoms with Crippen molar-refractivity contribution in [3.8, 4) is 11.5 Å². The fourth-order valence-corrected chi connectivity index (χ4v) is 2.62. The molecule has 1 aliphatic rings. The number of carbonyl (C=O) groups excluding carboxylic acids is 2. The number of nitrogens with zero attached hydrogens (tertiary/aromatic N) is 1. The van der Waals surface area contributed by atoms with Crippen molar-refractivity contribution in [2.45, 2.75) is 6.92 Å². The number of rotatable bonds is 4. The zero-order valence-electron chi connectivity index (χ0n) is 13.6. The molecule has 2 aromatic carbocycles. The van der Waals surface area contributed by atoms with Gasteiger partial charge in [0, 0.05) is 5.56 Å². The maximum absolute atomic E-state index is 13.3. The van der Waals surface area contributed by atoms with Crippen LogP contribution in [0, 0.1) is 5.82 Å². The fraction of sp³-hybridized carbons (Fsp3) is 0.111. The highest BCUT2D eigenvalue weighted by Crippen LogP contribution is 2.32. The van der Waals surface area contributed by atoms with E-state index in [-0.39, 0.29) is 33.3 Å². The molecule has 6 nitrogen and oxygen atoms in total.